The lowest BCUT2D eigenvalue weighted by Crippen LogP contribution is -2.30. The molecule has 1 amide bonds. The minimum absolute atomic E-state index is 0.00731. The van der Waals surface area contributed by atoms with Gasteiger partial charge in [0.25, 0.3) is 5.91 Å². The summed E-state index contributed by atoms with van der Waals surface area (Å²) in [5.74, 6) is -1.82. The van der Waals surface area contributed by atoms with Crippen LogP contribution in [0.3, 0.4) is 0 Å². The standard InChI is InChI=1S/C26H24F3N3O2/c1-4-22(18-11-10-17(27)13-21(18)29)31-26(33)24-16(3)30-25-23(9-6-12-32(24)25)34-14-19-15(2)7-5-8-20(19)28/h5-13,22H,4,14H2,1-3H3,(H,31,33). The van der Waals surface area contributed by atoms with Crippen molar-refractivity contribution >= 4 is 11.6 Å². The largest absolute Gasteiger partial charge is 0.485 e. The molecule has 0 aliphatic rings. The van der Waals surface area contributed by atoms with Crippen LogP contribution in [0.15, 0.2) is 54.7 Å². The van der Waals surface area contributed by atoms with Gasteiger partial charge in [-0.05, 0) is 50.1 Å². The molecule has 8 heteroatoms. The highest BCUT2D eigenvalue weighted by Crippen LogP contribution is 2.26. The van der Waals surface area contributed by atoms with Gasteiger partial charge in [-0.3, -0.25) is 9.20 Å². The van der Waals surface area contributed by atoms with E-state index in [4.69, 9.17) is 4.74 Å². The summed E-state index contributed by atoms with van der Waals surface area (Å²) in [5.41, 5.74) is 2.53. The minimum Gasteiger partial charge on any atom is -0.485 e. The van der Waals surface area contributed by atoms with Crippen LogP contribution in [0.25, 0.3) is 5.65 Å². The monoisotopic (exact) mass is 467 g/mol. The second-order valence-corrected chi connectivity index (χ2v) is 8.04. The summed E-state index contributed by atoms with van der Waals surface area (Å²) in [4.78, 5) is 17.7. The van der Waals surface area contributed by atoms with Gasteiger partial charge in [0.05, 0.1) is 11.7 Å². The highest BCUT2D eigenvalue weighted by atomic mass is 19.1. The van der Waals surface area contributed by atoms with Gasteiger partial charge in [-0.25, -0.2) is 18.2 Å². The zero-order valence-electron chi connectivity index (χ0n) is 19.0. The molecule has 5 nitrogen and oxygen atoms in total. The van der Waals surface area contributed by atoms with E-state index in [9.17, 15) is 18.0 Å². The summed E-state index contributed by atoms with van der Waals surface area (Å²) < 4.78 is 49.2. The summed E-state index contributed by atoms with van der Waals surface area (Å²) in [6, 6.07) is 10.9. The Kier molecular flexibility index (Phi) is 6.58. The summed E-state index contributed by atoms with van der Waals surface area (Å²) in [5, 5.41) is 2.82. The van der Waals surface area contributed by atoms with E-state index < -0.39 is 23.6 Å². The third-order valence-electron chi connectivity index (χ3n) is 5.78. The molecule has 2 aromatic carbocycles. The van der Waals surface area contributed by atoms with Crippen LogP contribution in [0.1, 0.15) is 52.3 Å². The fourth-order valence-corrected chi connectivity index (χ4v) is 3.95. The molecule has 0 spiro atoms. The topological polar surface area (TPSA) is 55.6 Å². The second-order valence-electron chi connectivity index (χ2n) is 8.04. The molecule has 0 saturated carbocycles. The van der Waals surface area contributed by atoms with Crippen LogP contribution in [0.4, 0.5) is 13.2 Å². The molecular weight excluding hydrogens is 443 g/mol. The van der Waals surface area contributed by atoms with E-state index in [0.717, 1.165) is 17.7 Å². The maximum atomic E-state index is 14.3. The van der Waals surface area contributed by atoms with Crippen LogP contribution in [0, 0.1) is 31.3 Å². The predicted molar refractivity (Wildman–Crippen MR) is 122 cm³/mol. The number of benzene rings is 2. The van der Waals surface area contributed by atoms with Crippen molar-refractivity contribution < 1.29 is 22.7 Å². The molecule has 2 heterocycles. The van der Waals surface area contributed by atoms with Gasteiger partial charge in [0, 0.05) is 23.4 Å². The average Bonchev–Trinajstić information content (AvgIpc) is 3.14. The van der Waals surface area contributed by atoms with E-state index in [1.165, 1.54) is 12.1 Å². The number of ether oxygens (including phenoxy) is 1. The number of hydrogen-bond acceptors (Lipinski definition) is 3. The van der Waals surface area contributed by atoms with Crippen molar-refractivity contribution in [2.75, 3.05) is 0 Å². The first kappa shape index (κ1) is 23.4. The molecule has 0 saturated heterocycles. The van der Waals surface area contributed by atoms with Crippen LogP contribution in [0.2, 0.25) is 0 Å². The molecule has 1 atom stereocenters. The lowest BCUT2D eigenvalue weighted by Gasteiger charge is -2.18. The van der Waals surface area contributed by atoms with Gasteiger partial charge in [0.15, 0.2) is 11.4 Å². The number of nitrogens with zero attached hydrogens (tertiary/aromatic N) is 2. The molecule has 0 aliphatic heterocycles. The Balaban J connectivity index is 1.62. The molecule has 0 aliphatic carbocycles. The first-order valence-electron chi connectivity index (χ1n) is 10.9. The summed E-state index contributed by atoms with van der Waals surface area (Å²) >= 11 is 0. The van der Waals surface area contributed by atoms with Gasteiger partial charge in [0.1, 0.15) is 29.8 Å². The first-order valence-corrected chi connectivity index (χ1v) is 10.9. The Hall–Kier alpha value is -3.81. The molecule has 4 aromatic rings. The number of aryl methyl sites for hydroxylation is 2. The van der Waals surface area contributed by atoms with Gasteiger partial charge in [-0.1, -0.05) is 25.1 Å². The number of aromatic nitrogens is 2. The first-order chi connectivity index (χ1) is 16.3. The molecule has 4 rings (SSSR count). The zero-order chi connectivity index (χ0) is 24.4. The van der Waals surface area contributed by atoms with E-state index in [2.05, 4.69) is 10.3 Å². The highest BCUT2D eigenvalue weighted by molar-refractivity contribution is 5.95. The van der Waals surface area contributed by atoms with Crippen molar-refractivity contribution in [1.82, 2.24) is 14.7 Å². The number of pyridine rings is 1. The SMILES string of the molecule is CCC(NC(=O)c1c(C)nc2c(OCc3c(C)cccc3F)cccn12)c1ccc(F)cc1F. The summed E-state index contributed by atoms with van der Waals surface area (Å²) in [6.07, 6.45) is 2.07. The van der Waals surface area contributed by atoms with Gasteiger partial charge in [0.2, 0.25) is 0 Å². The quantitative estimate of drug-likeness (QED) is 0.372. The molecule has 34 heavy (non-hydrogen) atoms. The fraction of sp³-hybridized carbons (Fsp3) is 0.231. The maximum Gasteiger partial charge on any atom is 0.270 e. The van der Waals surface area contributed by atoms with Crippen LogP contribution in [0.5, 0.6) is 5.75 Å². The highest BCUT2D eigenvalue weighted by Gasteiger charge is 2.23. The Bertz CT molecular complexity index is 1350. The van der Waals surface area contributed by atoms with Gasteiger partial charge in [-0.15, -0.1) is 0 Å². The lowest BCUT2D eigenvalue weighted by molar-refractivity contribution is 0.0928. The Labute approximate surface area is 195 Å². The third kappa shape index (κ3) is 4.48. The number of amides is 1. The van der Waals surface area contributed by atoms with Crippen molar-refractivity contribution in [2.45, 2.75) is 39.8 Å². The van der Waals surface area contributed by atoms with E-state index in [-0.39, 0.29) is 23.7 Å². The second kappa shape index (κ2) is 9.59. The van der Waals surface area contributed by atoms with Crippen molar-refractivity contribution in [3.63, 3.8) is 0 Å². The smallest absolute Gasteiger partial charge is 0.270 e. The number of carbonyl (C=O) groups is 1. The maximum absolute atomic E-state index is 14.3. The summed E-state index contributed by atoms with van der Waals surface area (Å²) in [6.45, 7) is 5.30. The average molecular weight is 467 g/mol. The van der Waals surface area contributed by atoms with E-state index in [0.29, 0.717) is 29.1 Å². The Morgan fingerprint density at radius 2 is 1.88 bits per heavy atom. The number of rotatable bonds is 7. The zero-order valence-corrected chi connectivity index (χ0v) is 19.0. The van der Waals surface area contributed by atoms with Crippen molar-refractivity contribution in [2.24, 2.45) is 0 Å². The predicted octanol–water partition coefficient (Wildman–Crippen LogP) is 5.83. The molecular formula is C26H24F3N3O2. The Morgan fingerprint density at radius 3 is 2.59 bits per heavy atom. The molecule has 0 bridgehead atoms. The van der Waals surface area contributed by atoms with Crippen LogP contribution in [-0.4, -0.2) is 15.3 Å². The summed E-state index contributed by atoms with van der Waals surface area (Å²) in [7, 11) is 0. The number of hydrogen-bond donors (Lipinski definition) is 1. The van der Waals surface area contributed by atoms with Crippen molar-refractivity contribution in [3.05, 3.63) is 100 Å². The van der Waals surface area contributed by atoms with Crippen molar-refractivity contribution in [3.8, 4) is 5.75 Å². The van der Waals surface area contributed by atoms with Gasteiger partial charge >= 0.3 is 0 Å². The molecule has 0 fully saturated rings. The van der Waals surface area contributed by atoms with E-state index in [1.807, 2.05) is 0 Å². The van der Waals surface area contributed by atoms with E-state index >= 15 is 0 Å². The van der Waals surface area contributed by atoms with Gasteiger partial charge < -0.3 is 10.1 Å². The lowest BCUT2D eigenvalue weighted by atomic mass is 10.0. The Morgan fingerprint density at radius 1 is 1.09 bits per heavy atom. The van der Waals surface area contributed by atoms with Crippen LogP contribution < -0.4 is 10.1 Å². The molecule has 1 unspecified atom stereocenters. The van der Waals surface area contributed by atoms with Crippen LogP contribution in [-0.2, 0) is 6.61 Å². The van der Waals surface area contributed by atoms with Gasteiger partial charge in [-0.2, -0.15) is 0 Å². The number of halogens is 3. The molecule has 1 N–H and O–H groups in total. The van der Waals surface area contributed by atoms with Crippen molar-refractivity contribution in [1.29, 1.82) is 0 Å². The van der Waals surface area contributed by atoms with E-state index in [1.54, 1.807) is 55.6 Å². The molecule has 176 valence electrons. The third-order valence-corrected chi connectivity index (χ3v) is 5.78. The minimum atomic E-state index is -0.721. The number of fused-ring (bicyclic) bond motifs is 1. The van der Waals surface area contributed by atoms with Crippen LogP contribution >= 0.6 is 0 Å². The fourth-order valence-electron chi connectivity index (χ4n) is 3.95. The number of carbonyl (C=O) groups excluding carboxylic acids is 1. The molecule has 0 radical (unpaired) electrons. The number of imidazole rings is 1. The number of nitrogens with one attached hydrogen (secondary N) is 1. The normalized spacial score (nSPS) is 12.1. The molecule has 2 aromatic heterocycles.